The first-order chi connectivity index (χ1) is 22.3. The van der Waals surface area contributed by atoms with Gasteiger partial charge in [-0.3, -0.25) is 9.97 Å². The third-order valence-electron chi connectivity index (χ3n) is 8.56. The summed E-state index contributed by atoms with van der Waals surface area (Å²) in [6.07, 6.45) is 8.15. The minimum Gasteiger partial charge on any atom is -0.450 e. The van der Waals surface area contributed by atoms with Crippen molar-refractivity contribution >= 4 is 34.9 Å². The molecule has 0 N–H and O–H groups in total. The Balaban J connectivity index is 0.000000193. The van der Waals surface area contributed by atoms with Crippen molar-refractivity contribution in [2.24, 2.45) is 0 Å². The highest BCUT2D eigenvalue weighted by atomic mass is 35.5. The molecule has 1 aliphatic heterocycles. The third kappa shape index (κ3) is 8.55. The maximum atomic E-state index is 12.0. The number of hydrogen-bond acceptors (Lipinski definition) is 5. The predicted octanol–water partition coefficient (Wildman–Crippen LogP) is 8.71. The third-order valence-corrected chi connectivity index (χ3v) is 9.04. The molecule has 0 saturated carbocycles. The van der Waals surface area contributed by atoms with Crippen LogP contribution in [0.3, 0.4) is 0 Å². The lowest BCUT2D eigenvalue weighted by Crippen LogP contribution is -2.37. The fraction of sp³-hybridized carbons (Fsp3) is 0.342. The highest BCUT2D eigenvalue weighted by molar-refractivity contribution is 6.31. The maximum Gasteiger partial charge on any atom is 0.409 e. The molecular weight excluding hydrogens is 615 g/mol. The van der Waals surface area contributed by atoms with Crippen LogP contribution in [-0.4, -0.2) is 66.2 Å². The lowest BCUT2D eigenvalue weighted by atomic mass is 9.88. The number of aromatic nitrogens is 2. The summed E-state index contributed by atoms with van der Waals surface area (Å²) in [5, 5.41) is 1.55. The molecule has 0 spiro atoms. The molecular formula is C38H42Cl2N4O2. The topological polar surface area (TPSA) is 58.6 Å². The molecule has 3 heterocycles. The highest BCUT2D eigenvalue weighted by Crippen LogP contribution is 2.38. The first-order valence-corrected chi connectivity index (χ1v) is 16.8. The molecule has 1 saturated heterocycles. The van der Waals surface area contributed by atoms with Crippen molar-refractivity contribution in [3.63, 3.8) is 0 Å². The van der Waals surface area contributed by atoms with E-state index in [1.165, 1.54) is 33.4 Å². The van der Waals surface area contributed by atoms with Crippen molar-refractivity contribution < 1.29 is 9.53 Å². The van der Waals surface area contributed by atoms with Gasteiger partial charge in [0, 0.05) is 52.7 Å². The van der Waals surface area contributed by atoms with E-state index in [9.17, 15) is 4.79 Å². The minimum absolute atomic E-state index is 0.215. The first kappa shape index (κ1) is 33.6. The largest absolute Gasteiger partial charge is 0.450 e. The zero-order chi connectivity index (χ0) is 32.5. The zero-order valence-corrected chi connectivity index (χ0v) is 28.4. The average Bonchev–Trinajstić information content (AvgIpc) is 3.23. The van der Waals surface area contributed by atoms with Gasteiger partial charge in [0.25, 0.3) is 0 Å². The predicted molar refractivity (Wildman–Crippen MR) is 188 cm³/mol. The van der Waals surface area contributed by atoms with Crippen LogP contribution in [0.4, 0.5) is 4.79 Å². The zero-order valence-electron chi connectivity index (χ0n) is 26.9. The Hall–Kier alpha value is -3.71. The fourth-order valence-corrected chi connectivity index (χ4v) is 6.53. The van der Waals surface area contributed by atoms with Crippen molar-refractivity contribution in [1.82, 2.24) is 19.8 Å². The lowest BCUT2D eigenvalue weighted by molar-refractivity contribution is 0.104. The molecule has 8 heteroatoms. The van der Waals surface area contributed by atoms with E-state index in [2.05, 4.69) is 60.4 Å². The second-order valence-corrected chi connectivity index (χ2v) is 12.8. The Labute approximate surface area is 283 Å². The van der Waals surface area contributed by atoms with Gasteiger partial charge in [-0.25, -0.2) is 4.79 Å². The summed E-state index contributed by atoms with van der Waals surface area (Å²) in [4.78, 5) is 25.3. The molecule has 240 valence electrons. The number of hydrogen-bond donors (Lipinski definition) is 0. The number of aryl methyl sites for hydroxylation is 2. The van der Waals surface area contributed by atoms with Crippen molar-refractivity contribution in [3.05, 3.63) is 134 Å². The molecule has 2 aliphatic rings. The van der Waals surface area contributed by atoms with E-state index in [1.54, 1.807) is 4.90 Å². The number of pyridine rings is 2. The molecule has 2 aromatic carbocycles. The van der Waals surface area contributed by atoms with E-state index in [4.69, 9.17) is 32.9 Å². The Morgan fingerprint density at radius 3 is 2.28 bits per heavy atom. The van der Waals surface area contributed by atoms with E-state index in [-0.39, 0.29) is 6.09 Å². The lowest BCUT2D eigenvalue weighted by Gasteiger charge is -2.29. The number of nitrogens with zero attached hydrogens (tertiary/aromatic N) is 4. The molecule has 1 atom stereocenters. The number of amides is 1. The molecule has 6 rings (SSSR count). The fourth-order valence-electron chi connectivity index (χ4n) is 6.21. The second kappa shape index (κ2) is 16.2. The van der Waals surface area contributed by atoms with E-state index >= 15 is 0 Å². The summed E-state index contributed by atoms with van der Waals surface area (Å²) in [6.45, 7) is 4.65. The number of likely N-dealkylation sites (tertiary alicyclic amines) is 1. The van der Waals surface area contributed by atoms with E-state index in [1.807, 2.05) is 55.7 Å². The van der Waals surface area contributed by atoms with Crippen molar-refractivity contribution in [2.75, 3.05) is 40.3 Å². The van der Waals surface area contributed by atoms with Crippen LogP contribution in [0.2, 0.25) is 10.0 Å². The van der Waals surface area contributed by atoms with E-state index in [0.29, 0.717) is 25.6 Å². The monoisotopic (exact) mass is 656 g/mol. The Kier molecular flexibility index (Phi) is 11.9. The van der Waals surface area contributed by atoms with Gasteiger partial charge < -0.3 is 14.5 Å². The van der Waals surface area contributed by atoms with E-state index in [0.717, 1.165) is 60.1 Å². The molecule has 2 aromatic heterocycles. The Bertz CT molecular complexity index is 1630. The average molecular weight is 658 g/mol. The summed E-state index contributed by atoms with van der Waals surface area (Å²) >= 11 is 12.2. The van der Waals surface area contributed by atoms with Gasteiger partial charge in [-0.15, -0.1) is 0 Å². The maximum absolute atomic E-state index is 12.0. The van der Waals surface area contributed by atoms with Crippen molar-refractivity contribution in [2.45, 2.75) is 44.9 Å². The van der Waals surface area contributed by atoms with Gasteiger partial charge in [0.15, 0.2) is 0 Å². The van der Waals surface area contributed by atoms with Crippen LogP contribution in [0.1, 0.15) is 65.7 Å². The van der Waals surface area contributed by atoms with Crippen LogP contribution >= 0.6 is 23.2 Å². The molecule has 1 unspecified atom stereocenters. The van der Waals surface area contributed by atoms with Crippen molar-refractivity contribution in [3.8, 4) is 0 Å². The standard InChI is InChI=1S/C22H23ClN2O2.C16H19ClN2/c1-2-27-22(26)25-12-9-15(10-13-25)20-19-8-7-18(23)14-17(19)6-5-16-4-3-11-24-21(16)20;1-19(2)12-10-15(16-5-3-4-11-18-16)13-6-8-14(17)9-7-13/h3-4,7-8,11,14H,2,5-6,9-10,12-13H2,1H3;3-9,11,15H,10,12H2,1-2H3. The van der Waals surface area contributed by atoms with Crippen LogP contribution in [0, 0.1) is 0 Å². The van der Waals surface area contributed by atoms with Crippen LogP contribution < -0.4 is 0 Å². The second-order valence-electron chi connectivity index (χ2n) is 11.9. The molecule has 0 radical (unpaired) electrons. The SMILES string of the molecule is CCOC(=O)N1CCC(=C2c3ccc(Cl)cc3CCc3cccnc32)CC1.CN(C)CCC(c1ccc(Cl)cc1)c1ccccn1. The van der Waals surface area contributed by atoms with Gasteiger partial charge >= 0.3 is 6.09 Å². The molecule has 1 aliphatic carbocycles. The number of benzene rings is 2. The normalized spacial score (nSPS) is 14.9. The molecule has 46 heavy (non-hydrogen) atoms. The molecule has 6 nitrogen and oxygen atoms in total. The smallest absolute Gasteiger partial charge is 0.409 e. The van der Waals surface area contributed by atoms with Crippen LogP contribution in [0.5, 0.6) is 0 Å². The quantitative estimate of drug-likeness (QED) is 0.208. The Morgan fingerprint density at radius 2 is 1.59 bits per heavy atom. The van der Waals surface area contributed by atoms with Crippen LogP contribution in [0.25, 0.3) is 5.57 Å². The number of piperidine rings is 1. The molecule has 0 bridgehead atoms. The van der Waals surface area contributed by atoms with Gasteiger partial charge in [-0.1, -0.05) is 59.1 Å². The Morgan fingerprint density at radius 1 is 0.870 bits per heavy atom. The first-order valence-electron chi connectivity index (χ1n) is 16.0. The number of ether oxygens (including phenoxy) is 1. The van der Waals surface area contributed by atoms with Crippen molar-refractivity contribution in [1.29, 1.82) is 0 Å². The van der Waals surface area contributed by atoms with Crippen LogP contribution in [-0.2, 0) is 17.6 Å². The summed E-state index contributed by atoms with van der Waals surface area (Å²) < 4.78 is 5.15. The summed E-state index contributed by atoms with van der Waals surface area (Å²) in [6, 6.07) is 24.5. The minimum atomic E-state index is -0.215. The number of rotatable bonds is 6. The van der Waals surface area contributed by atoms with Gasteiger partial charge in [0.1, 0.15) is 0 Å². The van der Waals surface area contributed by atoms with Crippen LogP contribution in [0.15, 0.2) is 90.8 Å². The number of carbonyl (C=O) groups is 1. The summed E-state index contributed by atoms with van der Waals surface area (Å²) in [7, 11) is 4.19. The number of halogens is 2. The number of fused-ring (bicyclic) bond motifs is 2. The summed E-state index contributed by atoms with van der Waals surface area (Å²) in [5.41, 5.74) is 9.85. The van der Waals surface area contributed by atoms with Gasteiger partial charge in [-0.2, -0.15) is 0 Å². The molecule has 1 fully saturated rings. The molecule has 1 amide bonds. The van der Waals surface area contributed by atoms with E-state index < -0.39 is 0 Å². The van der Waals surface area contributed by atoms with Gasteiger partial charge in [0.2, 0.25) is 0 Å². The van der Waals surface area contributed by atoms with Gasteiger partial charge in [0.05, 0.1) is 12.3 Å². The highest BCUT2D eigenvalue weighted by Gasteiger charge is 2.27. The molecule has 4 aromatic rings. The summed E-state index contributed by atoms with van der Waals surface area (Å²) in [5.74, 6) is 0.320. The van der Waals surface area contributed by atoms with Gasteiger partial charge in [-0.05, 0) is 124 Å². The number of carbonyl (C=O) groups excluding carboxylic acids is 1.